The molecule has 0 bridgehead atoms. The van der Waals surface area contributed by atoms with Crippen molar-refractivity contribution in [2.75, 3.05) is 0 Å². The summed E-state index contributed by atoms with van der Waals surface area (Å²) in [7, 11) is 0. The highest BCUT2D eigenvalue weighted by molar-refractivity contribution is 7.09. The number of para-hydroxylation sites is 2. The maximum Gasteiger partial charge on any atom is 0.240 e. The summed E-state index contributed by atoms with van der Waals surface area (Å²) in [6.07, 6.45) is 0. The molecule has 3 aromatic rings. The van der Waals surface area contributed by atoms with Crippen LogP contribution < -0.4 is 5.32 Å². The van der Waals surface area contributed by atoms with Crippen LogP contribution in [0.2, 0.25) is 0 Å². The second-order valence-corrected chi connectivity index (χ2v) is 5.65. The zero-order valence-corrected chi connectivity index (χ0v) is 12.1. The van der Waals surface area contributed by atoms with Crippen LogP contribution in [0.5, 0.6) is 0 Å². The Labute approximate surface area is 125 Å². The largest absolute Gasteiger partial charge is 0.388 e. The molecule has 0 fully saturated rings. The van der Waals surface area contributed by atoms with Gasteiger partial charge < -0.3 is 15.0 Å². The molecule has 6 heteroatoms. The summed E-state index contributed by atoms with van der Waals surface area (Å²) in [6.45, 7) is 0.492. The number of aliphatic hydroxyl groups is 1. The van der Waals surface area contributed by atoms with Gasteiger partial charge >= 0.3 is 0 Å². The number of aromatic nitrogens is 2. The second kappa shape index (κ2) is 6.07. The molecule has 21 heavy (non-hydrogen) atoms. The summed E-state index contributed by atoms with van der Waals surface area (Å²) in [5, 5.41) is 14.3. The number of hydrogen-bond donors (Lipinski definition) is 2. The first-order chi connectivity index (χ1) is 10.3. The maximum absolute atomic E-state index is 12.1. The molecule has 0 saturated carbocycles. The third kappa shape index (κ3) is 2.96. The van der Waals surface area contributed by atoms with Gasteiger partial charge in [-0.15, -0.1) is 11.3 Å². The molecule has 3 rings (SSSR count). The molecule has 1 amide bonds. The van der Waals surface area contributed by atoms with Gasteiger partial charge in [-0.05, 0) is 23.6 Å². The first kappa shape index (κ1) is 13.8. The van der Waals surface area contributed by atoms with Gasteiger partial charge in [0.25, 0.3) is 0 Å². The molecule has 0 radical (unpaired) electrons. The van der Waals surface area contributed by atoms with Gasteiger partial charge in [0.05, 0.1) is 17.6 Å². The van der Waals surface area contributed by atoms with Crippen molar-refractivity contribution in [1.29, 1.82) is 0 Å². The van der Waals surface area contributed by atoms with E-state index < -0.39 is 0 Å². The summed E-state index contributed by atoms with van der Waals surface area (Å²) in [4.78, 5) is 17.5. The number of fused-ring (bicyclic) bond motifs is 1. The average molecular weight is 301 g/mol. The molecule has 1 aromatic carbocycles. The van der Waals surface area contributed by atoms with Gasteiger partial charge in [-0.25, -0.2) is 4.98 Å². The Hall–Kier alpha value is -2.18. The Kier molecular flexibility index (Phi) is 3.98. The molecular weight excluding hydrogens is 286 g/mol. The van der Waals surface area contributed by atoms with Gasteiger partial charge in [0, 0.05) is 4.88 Å². The third-order valence-corrected chi connectivity index (χ3v) is 4.09. The molecule has 0 unspecified atom stereocenters. The molecule has 0 aliphatic heterocycles. The summed E-state index contributed by atoms with van der Waals surface area (Å²) in [5.74, 6) is 0.406. The number of hydrogen-bond acceptors (Lipinski definition) is 4. The van der Waals surface area contributed by atoms with Crippen LogP contribution in [-0.2, 0) is 24.5 Å². The lowest BCUT2D eigenvalue weighted by atomic mass is 10.3. The Bertz CT molecular complexity index is 749. The van der Waals surface area contributed by atoms with Gasteiger partial charge in [-0.1, -0.05) is 18.2 Å². The minimum absolute atomic E-state index is 0.0961. The SMILES string of the molecule is O=C(Cn1c(CO)nc2ccccc21)NCc1cccs1. The molecule has 108 valence electrons. The van der Waals surface area contributed by atoms with E-state index in [9.17, 15) is 9.90 Å². The van der Waals surface area contributed by atoms with Gasteiger partial charge in [-0.2, -0.15) is 0 Å². The van der Waals surface area contributed by atoms with Crippen LogP contribution in [0, 0.1) is 0 Å². The van der Waals surface area contributed by atoms with E-state index in [1.165, 1.54) is 0 Å². The van der Waals surface area contributed by atoms with Crippen molar-refractivity contribution in [3.63, 3.8) is 0 Å². The topological polar surface area (TPSA) is 67.2 Å². The quantitative estimate of drug-likeness (QED) is 0.756. The van der Waals surface area contributed by atoms with Crippen LogP contribution in [0.1, 0.15) is 10.7 Å². The van der Waals surface area contributed by atoms with Gasteiger partial charge in [0.1, 0.15) is 19.0 Å². The van der Waals surface area contributed by atoms with Crippen molar-refractivity contribution >= 4 is 28.3 Å². The van der Waals surface area contributed by atoms with E-state index in [4.69, 9.17) is 0 Å². The molecule has 0 saturated heterocycles. The number of thiophene rings is 1. The highest BCUT2D eigenvalue weighted by Gasteiger charge is 2.12. The van der Waals surface area contributed by atoms with E-state index in [2.05, 4.69) is 10.3 Å². The summed E-state index contributed by atoms with van der Waals surface area (Å²) in [5.41, 5.74) is 1.64. The Morgan fingerprint density at radius 2 is 2.14 bits per heavy atom. The summed E-state index contributed by atoms with van der Waals surface area (Å²) < 4.78 is 1.75. The second-order valence-electron chi connectivity index (χ2n) is 4.62. The Balaban J connectivity index is 1.76. The Morgan fingerprint density at radius 3 is 2.90 bits per heavy atom. The van der Waals surface area contributed by atoms with Crippen LogP contribution >= 0.6 is 11.3 Å². The third-order valence-electron chi connectivity index (χ3n) is 3.22. The number of amides is 1. The van der Waals surface area contributed by atoms with E-state index in [-0.39, 0.29) is 19.1 Å². The zero-order chi connectivity index (χ0) is 14.7. The van der Waals surface area contributed by atoms with E-state index in [0.29, 0.717) is 12.4 Å². The number of rotatable bonds is 5. The minimum Gasteiger partial charge on any atom is -0.388 e. The molecule has 5 nitrogen and oxygen atoms in total. The van der Waals surface area contributed by atoms with Crippen molar-refractivity contribution in [2.24, 2.45) is 0 Å². The minimum atomic E-state index is -0.188. The molecule has 2 N–H and O–H groups in total. The van der Waals surface area contributed by atoms with E-state index in [1.54, 1.807) is 15.9 Å². The smallest absolute Gasteiger partial charge is 0.240 e. The van der Waals surface area contributed by atoms with Gasteiger partial charge in [-0.3, -0.25) is 4.79 Å². The predicted octanol–water partition coefficient (Wildman–Crippen LogP) is 1.91. The maximum atomic E-state index is 12.1. The van der Waals surface area contributed by atoms with E-state index in [0.717, 1.165) is 15.9 Å². The predicted molar refractivity (Wildman–Crippen MR) is 81.8 cm³/mol. The number of aliphatic hydroxyl groups excluding tert-OH is 1. The molecule has 2 aromatic heterocycles. The summed E-state index contributed by atoms with van der Waals surface area (Å²) in [6, 6.07) is 11.5. The number of nitrogens with one attached hydrogen (secondary N) is 1. The fourth-order valence-corrected chi connectivity index (χ4v) is 2.87. The lowest BCUT2D eigenvalue weighted by Crippen LogP contribution is -2.27. The van der Waals surface area contributed by atoms with Crippen LogP contribution in [0.3, 0.4) is 0 Å². The van der Waals surface area contributed by atoms with Crippen molar-refractivity contribution in [1.82, 2.24) is 14.9 Å². The highest BCUT2D eigenvalue weighted by Crippen LogP contribution is 2.16. The number of carbonyl (C=O) groups excluding carboxylic acids is 1. The standard InChI is InChI=1S/C15H15N3O2S/c19-10-14-17-12-5-1-2-6-13(12)18(14)9-15(20)16-8-11-4-3-7-21-11/h1-7,19H,8-10H2,(H,16,20). The Morgan fingerprint density at radius 1 is 1.29 bits per heavy atom. The number of imidazole rings is 1. The van der Waals surface area contributed by atoms with Gasteiger partial charge in [0.2, 0.25) is 5.91 Å². The first-order valence-electron chi connectivity index (χ1n) is 6.62. The van der Waals surface area contributed by atoms with Crippen molar-refractivity contribution < 1.29 is 9.90 Å². The van der Waals surface area contributed by atoms with Crippen LogP contribution in [0.4, 0.5) is 0 Å². The lowest BCUT2D eigenvalue weighted by molar-refractivity contribution is -0.121. The average Bonchev–Trinajstić information content (AvgIpc) is 3.13. The monoisotopic (exact) mass is 301 g/mol. The fraction of sp³-hybridized carbons (Fsp3) is 0.200. The number of benzene rings is 1. The van der Waals surface area contributed by atoms with Crippen molar-refractivity contribution in [3.8, 4) is 0 Å². The van der Waals surface area contributed by atoms with Crippen LogP contribution in [0.25, 0.3) is 11.0 Å². The fourth-order valence-electron chi connectivity index (χ4n) is 2.22. The number of nitrogens with zero attached hydrogens (tertiary/aromatic N) is 2. The number of carbonyl (C=O) groups is 1. The highest BCUT2D eigenvalue weighted by atomic mass is 32.1. The molecule has 0 spiro atoms. The van der Waals surface area contributed by atoms with E-state index >= 15 is 0 Å². The van der Waals surface area contributed by atoms with Crippen LogP contribution in [0.15, 0.2) is 41.8 Å². The normalized spacial score (nSPS) is 10.9. The van der Waals surface area contributed by atoms with Crippen LogP contribution in [-0.4, -0.2) is 20.6 Å². The first-order valence-corrected chi connectivity index (χ1v) is 7.50. The molecule has 0 aliphatic carbocycles. The lowest BCUT2D eigenvalue weighted by Gasteiger charge is -2.08. The molecule has 0 atom stereocenters. The molecule has 2 heterocycles. The molecular formula is C15H15N3O2S. The van der Waals surface area contributed by atoms with Gasteiger partial charge in [0.15, 0.2) is 0 Å². The molecule has 0 aliphatic rings. The van der Waals surface area contributed by atoms with Crippen molar-refractivity contribution in [3.05, 3.63) is 52.5 Å². The van der Waals surface area contributed by atoms with E-state index in [1.807, 2.05) is 41.8 Å². The summed E-state index contributed by atoms with van der Waals surface area (Å²) >= 11 is 1.61. The van der Waals surface area contributed by atoms with Crippen molar-refractivity contribution in [2.45, 2.75) is 19.7 Å². The zero-order valence-electron chi connectivity index (χ0n) is 11.3.